The van der Waals surface area contributed by atoms with Crippen LogP contribution >= 0.6 is 0 Å². The van der Waals surface area contributed by atoms with E-state index < -0.39 is 0 Å². The van der Waals surface area contributed by atoms with Crippen LogP contribution in [0.4, 0.5) is 0 Å². The Labute approximate surface area is 165 Å². The largest absolute Gasteiger partial charge is 0.377 e. The van der Waals surface area contributed by atoms with Crippen LogP contribution in [-0.4, -0.2) is 36.4 Å². The molecule has 5 rings (SSSR count). The molecule has 1 N–H and O–H groups in total. The molecule has 1 aliphatic rings. The van der Waals surface area contributed by atoms with E-state index in [2.05, 4.69) is 20.2 Å². The van der Waals surface area contributed by atoms with Crippen molar-refractivity contribution in [3.63, 3.8) is 0 Å². The van der Waals surface area contributed by atoms with Gasteiger partial charge in [0.15, 0.2) is 5.82 Å². The van der Waals surface area contributed by atoms with E-state index in [4.69, 9.17) is 4.74 Å². The minimum atomic E-state index is -0.324. The highest BCUT2D eigenvalue weighted by Gasteiger charge is 2.19. The number of methoxy groups -OCH3 is 1. The lowest BCUT2D eigenvalue weighted by Crippen LogP contribution is -2.24. The number of rotatable bonds is 4. The Bertz CT molecular complexity index is 1330. The lowest BCUT2D eigenvalue weighted by molar-refractivity contribution is 0.178. The molecule has 0 saturated heterocycles. The molecule has 0 amide bonds. The van der Waals surface area contributed by atoms with E-state index in [0.717, 1.165) is 25.7 Å². The first kappa shape index (κ1) is 17.7. The van der Waals surface area contributed by atoms with Crippen LogP contribution in [0, 0.1) is 0 Å². The number of nitrogens with one attached hydrogen (secondary N) is 1. The highest BCUT2D eigenvalue weighted by molar-refractivity contribution is 5.91. The first-order chi connectivity index (χ1) is 14.2. The molecule has 0 radical (unpaired) electrons. The van der Waals surface area contributed by atoms with E-state index in [1.54, 1.807) is 30.0 Å². The van der Waals surface area contributed by atoms with Crippen LogP contribution < -0.4 is 11.1 Å². The van der Waals surface area contributed by atoms with Gasteiger partial charge in [0.1, 0.15) is 6.61 Å². The summed E-state index contributed by atoms with van der Waals surface area (Å²) in [4.78, 5) is 35.0. The third-order valence-electron chi connectivity index (χ3n) is 5.50. The quantitative estimate of drug-likeness (QED) is 0.533. The van der Waals surface area contributed by atoms with E-state index in [1.165, 1.54) is 4.57 Å². The van der Waals surface area contributed by atoms with Gasteiger partial charge in [-0.15, -0.1) is 5.10 Å². The van der Waals surface area contributed by atoms with Crippen LogP contribution in [0.5, 0.6) is 0 Å². The van der Waals surface area contributed by atoms with E-state index in [1.807, 2.05) is 12.3 Å². The van der Waals surface area contributed by atoms with Gasteiger partial charge in [0.25, 0.3) is 17.1 Å². The number of nitrogens with zero attached hydrogens (tertiary/aromatic N) is 5. The van der Waals surface area contributed by atoms with Crippen LogP contribution in [0.15, 0.2) is 40.2 Å². The summed E-state index contributed by atoms with van der Waals surface area (Å²) in [5, 5.41) is 7.64. The predicted molar refractivity (Wildman–Crippen MR) is 107 cm³/mol. The van der Waals surface area contributed by atoms with Gasteiger partial charge in [-0.05, 0) is 31.0 Å². The molecule has 9 nitrogen and oxygen atoms in total. The molecule has 0 aromatic carbocycles. The smallest absolute Gasteiger partial charge is 0.267 e. The third kappa shape index (κ3) is 2.94. The number of aromatic amines is 1. The lowest BCUT2D eigenvalue weighted by atomic mass is 10.1. The SMILES string of the molecule is COCc1nc(-n2ccc3nc4ccn(C5CCCC5)c(=O)c4cc3c2=O)n[nH]1. The maximum absolute atomic E-state index is 13.1. The number of H-pyrrole nitrogens is 1. The Balaban J connectivity index is 1.68. The highest BCUT2D eigenvalue weighted by atomic mass is 16.5. The van der Waals surface area contributed by atoms with Crippen LogP contribution in [-0.2, 0) is 11.3 Å². The van der Waals surface area contributed by atoms with Gasteiger partial charge in [0.05, 0.1) is 21.8 Å². The molecule has 1 fully saturated rings. The second kappa shape index (κ2) is 6.93. The Morgan fingerprint density at radius 2 is 1.79 bits per heavy atom. The fourth-order valence-electron chi connectivity index (χ4n) is 4.06. The first-order valence-corrected chi connectivity index (χ1v) is 9.63. The van der Waals surface area contributed by atoms with E-state index >= 15 is 0 Å². The molecular weight excluding hydrogens is 372 g/mol. The molecule has 0 bridgehead atoms. The number of ether oxygens (including phenoxy) is 1. The molecule has 4 heterocycles. The van der Waals surface area contributed by atoms with Gasteiger partial charge in [-0.25, -0.2) is 9.55 Å². The minimum Gasteiger partial charge on any atom is -0.377 e. The van der Waals surface area contributed by atoms with E-state index in [9.17, 15) is 9.59 Å². The molecule has 1 saturated carbocycles. The molecule has 148 valence electrons. The van der Waals surface area contributed by atoms with Gasteiger partial charge >= 0.3 is 0 Å². The average molecular weight is 392 g/mol. The van der Waals surface area contributed by atoms with Gasteiger partial charge in [0.2, 0.25) is 0 Å². The molecule has 0 unspecified atom stereocenters. The molecular formula is C20H20N6O3. The summed E-state index contributed by atoms with van der Waals surface area (Å²) in [7, 11) is 1.56. The zero-order valence-electron chi connectivity index (χ0n) is 16.0. The number of hydrogen-bond donors (Lipinski definition) is 1. The van der Waals surface area contributed by atoms with Crippen molar-refractivity contribution >= 4 is 21.8 Å². The summed E-state index contributed by atoms with van der Waals surface area (Å²) in [5.41, 5.74) is 0.702. The standard InChI is InChI=1S/C20H20N6O3/c1-29-11-17-22-20(24-23-17)26-9-7-16-14(19(26)28)10-13-15(21-16)6-8-25(18(13)27)12-4-2-3-5-12/h6-10,12H,2-5,11H2,1H3,(H,22,23,24). The third-order valence-corrected chi connectivity index (χ3v) is 5.50. The van der Waals surface area contributed by atoms with Crippen molar-refractivity contribution in [1.82, 2.24) is 29.3 Å². The van der Waals surface area contributed by atoms with Crippen molar-refractivity contribution in [3.8, 4) is 5.95 Å². The number of hydrogen-bond acceptors (Lipinski definition) is 6. The Morgan fingerprint density at radius 3 is 2.55 bits per heavy atom. The maximum atomic E-state index is 13.1. The van der Waals surface area contributed by atoms with Crippen LogP contribution in [0.2, 0.25) is 0 Å². The summed E-state index contributed by atoms with van der Waals surface area (Å²) in [6, 6.07) is 5.45. The number of aromatic nitrogens is 6. The summed E-state index contributed by atoms with van der Waals surface area (Å²) < 4.78 is 8.15. The minimum absolute atomic E-state index is 0.0983. The van der Waals surface area contributed by atoms with Crippen molar-refractivity contribution in [2.24, 2.45) is 0 Å². The van der Waals surface area contributed by atoms with Gasteiger partial charge < -0.3 is 9.30 Å². The zero-order chi connectivity index (χ0) is 20.0. The summed E-state index contributed by atoms with van der Waals surface area (Å²) >= 11 is 0. The molecule has 0 atom stereocenters. The second-order valence-electron chi connectivity index (χ2n) is 7.33. The van der Waals surface area contributed by atoms with Crippen LogP contribution in [0.25, 0.3) is 27.8 Å². The van der Waals surface area contributed by atoms with Crippen molar-refractivity contribution in [3.05, 3.63) is 57.1 Å². The predicted octanol–water partition coefficient (Wildman–Crippen LogP) is 2.08. The topological polar surface area (TPSA) is 108 Å². The molecule has 1 aliphatic carbocycles. The summed E-state index contributed by atoms with van der Waals surface area (Å²) in [6.45, 7) is 0.266. The van der Waals surface area contributed by atoms with Crippen molar-refractivity contribution in [1.29, 1.82) is 0 Å². The first-order valence-electron chi connectivity index (χ1n) is 9.63. The average Bonchev–Trinajstić information content (AvgIpc) is 3.41. The molecule has 4 aromatic heterocycles. The van der Waals surface area contributed by atoms with Crippen molar-refractivity contribution in [2.75, 3.05) is 7.11 Å². The molecule has 0 spiro atoms. The summed E-state index contributed by atoms with van der Waals surface area (Å²) in [5.74, 6) is 0.742. The molecule has 0 aliphatic heterocycles. The van der Waals surface area contributed by atoms with Crippen molar-refractivity contribution < 1.29 is 4.74 Å². The van der Waals surface area contributed by atoms with Crippen LogP contribution in [0.1, 0.15) is 37.5 Å². The fourth-order valence-corrected chi connectivity index (χ4v) is 4.06. The number of fused-ring (bicyclic) bond motifs is 2. The normalized spacial score (nSPS) is 14.9. The molecule has 4 aromatic rings. The zero-order valence-corrected chi connectivity index (χ0v) is 16.0. The Kier molecular flexibility index (Phi) is 4.24. The van der Waals surface area contributed by atoms with Gasteiger partial charge in [0, 0.05) is 25.5 Å². The van der Waals surface area contributed by atoms with Gasteiger partial charge in [-0.3, -0.25) is 14.7 Å². The fraction of sp³-hybridized carbons (Fsp3) is 0.350. The maximum Gasteiger partial charge on any atom is 0.267 e. The van der Waals surface area contributed by atoms with E-state index in [0.29, 0.717) is 27.6 Å². The highest BCUT2D eigenvalue weighted by Crippen LogP contribution is 2.28. The molecule has 9 heteroatoms. The lowest BCUT2D eigenvalue weighted by Gasteiger charge is -2.14. The Hall–Kier alpha value is -3.33. The van der Waals surface area contributed by atoms with Crippen LogP contribution in [0.3, 0.4) is 0 Å². The monoisotopic (exact) mass is 392 g/mol. The number of pyridine rings is 3. The Morgan fingerprint density at radius 1 is 1.07 bits per heavy atom. The van der Waals surface area contributed by atoms with Crippen molar-refractivity contribution in [2.45, 2.75) is 38.3 Å². The molecule has 29 heavy (non-hydrogen) atoms. The van der Waals surface area contributed by atoms with Gasteiger partial charge in [-0.1, -0.05) is 12.8 Å². The van der Waals surface area contributed by atoms with E-state index in [-0.39, 0.29) is 29.7 Å². The summed E-state index contributed by atoms with van der Waals surface area (Å²) in [6.07, 6.45) is 7.70. The van der Waals surface area contributed by atoms with Gasteiger partial charge in [-0.2, -0.15) is 4.98 Å². The second-order valence-corrected chi connectivity index (χ2v) is 7.33.